The number of fused-ring (bicyclic) bond motifs is 5. The van der Waals surface area contributed by atoms with Crippen LogP contribution in [0.25, 0.3) is 11.0 Å². The molecule has 2 aromatic carbocycles. The van der Waals surface area contributed by atoms with Crippen LogP contribution in [-0.2, 0) is 6.54 Å². The van der Waals surface area contributed by atoms with Crippen molar-refractivity contribution < 1.29 is 9.15 Å². The summed E-state index contributed by atoms with van der Waals surface area (Å²) in [6.45, 7) is 1.96. The van der Waals surface area contributed by atoms with Gasteiger partial charge in [0, 0.05) is 0 Å². The zero-order chi connectivity index (χ0) is 20.8. The zero-order valence-electron chi connectivity index (χ0n) is 17.1. The first-order valence-corrected chi connectivity index (χ1v) is 10.2. The van der Waals surface area contributed by atoms with Crippen LogP contribution in [-0.4, -0.2) is 40.9 Å². The van der Waals surface area contributed by atoms with Crippen LogP contribution in [0.4, 0.5) is 5.95 Å². The zero-order valence-corrected chi connectivity index (χ0v) is 17.1. The minimum atomic E-state index is -0.111. The summed E-state index contributed by atoms with van der Waals surface area (Å²) in [6.07, 6.45) is 1.59. The second kappa shape index (κ2) is 7.17. The molecular weight excluding hydrogens is 392 g/mol. The van der Waals surface area contributed by atoms with Crippen LogP contribution in [0.5, 0.6) is 5.75 Å². The van der Waals surface area contributed by atoms with E-state index in [-0.39, 0.29) is 6.17 Å². The molecule has 31 heavy (non-hydrogen) atoms. The lowest BCUT2D eigenvalue weighted by molar-refractivity contribution is 0.243. The predicted molar refractivity (Wildman–Crippen MR) is 118 cm³/mol. The SMILES string of the molecule is COc1ccc([C@@H]2NC3=NCN(Cc4ccco4)CN3c3nc4ccccc4n32)cc1. The van der Waals surface area contributed by atoms with E-state index in [0.29, 0.717) is 19.9 Å². The van der Waals surface area contributed by atoms with E-state index in [0.717, 1.165) is 40.0 Å². The van der Waals surface area contributed by atoms with Gasteiger partial charge in [0.25, 0.3) is 0 Å². The molecule has 0 saturated heterocycles. The number of aromatic nitrogens is 2. The van der Waals surface area contributed by atoms with E-state index in [4.69, 9.17) is 19.1 Å². The number of anilines is 1. The molecule has 1 N–H and O–H groups in total. The Labute approximate surface area is 179 Å². The van der Waals surface area contributed by atoms with Crippen LogP contribution in [0.15, 0.2) is 76.3 Å². The molecule has 156 valence electrons. The number of ether oxygens (including phenoxy) is 1. The van der Waals surface area contributed by atoms with Gasteiger partial charge in [-0.05, 0) is 42.0 Å². The molecule has 8 nitrogen and oxygen atoms in total. The van der Waals surface area contributed by atoms with Crippen LogP contribution in [0.2, 0.25) is 0 Å². The highest BCUT2D eigenvalue weighted by Gasteiger charge is 2.35. The molecule has 0 amide bonds. The Kier molecular flexibility index (Phi) is 4.17. The van der Waals surface area contributed by atoms with Gasteiger partial charge in [0.05, 0.1) is 44.3 Å². The van der Waals surface area contributed by atoms with Gasteiger partial charge in [-0.15, -0.1) is 0 Å². The smallest absolute Gasteiger partial charge is 0.216 e. The fourth-order valence-corrected chi connectivity index (χ4v) is 4.25. The van der Waals surface area contributed by atoms with Crippen LogP contribution >= 0.6 is 0 Å². The molecule has 0 saturated carbocycles. The van der Waals surface area contributed by atoms with E-state index in [1.54, 1.807) is 13.4 Å². The normalized spacial score (nSPS) is 18.3. The molecule has 0 spiro atoms. The van der Waals surface area contributed by atoms with Gasteiger partial charge in [0.1, 0.15) is 17.7 Å². The fourth-order valence-electron chi connectivity index (χ4n) is 4.25. The summed E-state index contributed by atoms with van der Waals surface area (Å²) in [4.78, 5) is 14.2. The first kappa shape index (κ1) is 18.0. The molecule has 0 radical (unpaired) electrons. The van der Waals surface area contributed by atoms with Gasteiger partial charge in [-0.1, -0.05) is 24.3 Å². The Balaban J connectivity index is 1.42. The highest BCUT2D eigenvalue weighted by atomic mass is 16.5. The summed E-state index contributed by atoms with van der Waals surface area (Å²) in [5.41, 5.74) is 3.15. The number of guanidine groups is 1. The quantitative estimate of drug-likeness (QED) is 0.552. The second-order valence-corrected chi connectivity index (χ2v) is 7.69. The summed E-state index contributed by atoms with van der Waals surface area (Å²) < 4.78 is 13.1. The summed E-state index contributed by atoms with van der Waals surface area (Å²) in [5.74, 6) is 3.47. The van der Waals surface area contributed by atoms with E-state index < -0.39 is 0 Å². The van der Waals surface area contributed by atoms with E-state index >= 15 is 0 Å². The maximum absolute atomic E-state index is 5.53. The molecule has 0 bridgehead atoms. The number of para-hydroxylation sites is 2. The molecule has 1 atom stereocenters. The highest BCUT2D eigenvalue weighted by molar-refractivity contribution is 5.98. The summed E-state index contributed by atoms with van der Waals surface area (Å²) in [7, 11) is 1.68. The van der Waals surface area contributed by atoms with Crippen LogP contribution in [0.3, 0.4) is 0 Å². The number of rotatable bonds is 4. The van der Waals surface area contributed by atoms with Crippen molar-refractivity contribution in [3.8, 4) is 5.75 Å². The van der Waals surface area contributed by atoms with Gasteiger partial charge >= 0.3 is 0 Å². The van der Waals surface area contributed by atoms with Gasteiger partial charge in [0.15, 0.2) is 0 Å². The average molecular weight is 414 g/mol. The molecule has 6 rings (SSSR count). The van der Waals surface area contributed by atoms with Crippen molar-refractivity contribution >= 4 is 22.9 Å². The number of hydrogen-bond donors (Lipinski definition) is 1. The molecule has 0 aliphatic carbocycles. The van der Waals surface area contributed by atoms with E-state index in [1.807, 2.05) is 42.5 Å². The number of aliphatic imine (C=N–C) groups is 1. The second-order valence-electron chi connectivity index (χ2n) is 7.69. The van der Waals surface area contributed by atoms with Gasteiger partial charge < -0.3 is 14.5 Å². The van der Waals surface area contributed by atoms with E-state index in [1.165, 1.54) is 0 Å². The van der Waals surface area contributed by atoms with Gasteiger partial charge in [-0.25, -0.2) is 9.98 Å². The molecular formula is C23H22N6O2. The average Bonchev–Trinajstić information content (AvgIpc) is 3.47. The molecule has 2 aromatic heterocycles. The Morgan fingerprint density at radius 1 is 1.10 bits per heavy atom. The lowest BCUT2D eigenvalue weighted by Gasteiger charge is -2.41. The summed E-state index contributed by atoms with van der Waals surface area (Å²) >= 11 is 0. The Morgan fingerprint density at radius 3 is 2.77 bits per heavy atom. The van der Waals surface area contributed by atoms with Crippen molar-refractivity contribution in [2.75, 3.05) is 25.3 Å². The number of hydrogen-bond acceptors (Lipinski definition) is 7. The third kappa shape index (κ3) is 3.03. The van der Waals surface area contributed by atoms with Crippen molar-refractivity contribution in [2.24, 2.45) is 4.99 Å². The Morgan fingerprint density at radius 2 is 1.97 bits per heavy atom. The van der Waals surface area contributed by atoms with Gasteiger partial charge in [-0.3, -0.25) is 14.4 Å². The number of benzene rings is 2. The maximum atomic E-state index is 5.53. The minimum Gasteiger partial charge on any atom is -0.497 e. The minimum absolute atomic E-state index is 0.111. The van der Waals surface area contributed by atoms with Crippen molar-refractivity contribution in [3.05, 3.63) is 78.3 Å². The first-order chi connectivity index (χ1) is 15.3. The van der Waals surface area contributed by atoms with Crippen molar-refractivity contribution in [1.82, 2.24) is 19.8 Å². The summed E-state index contributed by atoms with van der Waals surface area (Å²) in [6, 6.07) is 20.2. The molecule has 4 heterocycles. The third-order valence-corrected chi connectivity index (χ3v) is 5.75. The molecule has 2 aliphatic heterocycles. The molecule has 8 heteroatoms. The van der Waals surface area contributed by atoms with Crippen LogP contribution in [0, 0.1) is 0 Å². The van der Waals surface area contributed by atoms with Crippen LogP contribution in [0.1, 0.15) is 17.5 Å². The third-order valence-electron chi connectivity index (χ3n) is 5.75. The number of nitrogens with zero attached hydrogens (tertiary/aromatic N) is 5. The highest BCUT2D eigenvalue weighted by Crippen LogP contribution is 2.34. The molecule has 0 fully saturated rings. The largest absolute Gasteiger partial charge is 0.497 e. The predicted octanol–water partition coefficient (Wildman–Crippen LogP) is 3.38. The number of imidazole rings is 1. The Bertz CT molecular complexity index is 1250. The topological polar surface area (TPSA) is 71.1 Å². The molecule has 4 aromatic rings. The van der Waals surface area contributed by atoms with Crippen molar-refractivity contribution in [1.29, 1.82) is 0 Å². The Hall–Kier alpha value is -3.78. The lowest BCUT2D eigenvalue weighted by atomic mass is 10.1. The molecule has 2 aliphatic rings. The van der Waals surface area contributed by atoms with E-state index in [9.17, 15) is 0 Å². The van der Waals surface area contributed by atoms with Crippen molar-refractivity contribution in [2.45, 2.75) is 12.7 Å². The van der Waals surface area contributed by atoms with Crippen molar-refractivity contribution in [3.63, 3.8) is 0 Å². The number of methoxy groups -OCH3 is 1. The monoisotopic (exact) mass is 414 g/mol. The van der Waals surface area contributed by atoms with Gasteiger partial charge in [0.2, 0.25) is 11.9 Å². The molecule has 0 unspecified atom stereocenters. The van der Waals surface area contributed by atoms with E-state index in [2.05, 4.69) is 37.9 Å². The van der Waals surface area contributed by atoms with Gasteiger partial charge in [-0.2, -0.15) is 0 Å². The lowest BCUT2D eigenvalue weighted by Crippen LogP contribution is -2.57. The summed E-state index contributed by atoms with van der Waals surface area (Å²) in [5, 5.41) is 3.63. The number of furan rings is 1. The van der Waals surface area contributed by atoms with Crippen LogP contribution < -0.4 is 15.0 Å². The fraction of sp³-hybridized carbons (Fsp3) is 0.217. The number of nitrogens with one attached hydrogen (secondary N) is 1. The maximum Gasteiger partial charge on any atom is 0.216 e. The first-order valence-electron chi connectivity index (χ1n) is 10.2. The standard InChI is InChI=1S/C23H22N6O2/c1-30-17-10-8-16(9-11-17)21-26-22-24-14-27(13-18-5-4-12-31-18)15-28(22)23-25-19-6-2-3-7-20(19)29(21)23/h2-12,21H,13-15H2,1H3,(H,24,26)/t21-/m1/s1.